The van der Waals surface area contributed by atoms with Crippen LogP contribution >= 0.6 is 12.0 Å². The fourth-order valence-corrected chi connectivity index (χ4v) is 1.06. The molecule has 3 heteroatoms. The van der Waals surface area contributed by atoms with Gasteiger partial charge in [-0.05, 0) is 12.1 Å². The Kier molecular flexibility index (Phi) is 2.98. The third kappa shape index (κ3) is 3.09. The molecule has 1 rings (SSSR count). The summed E-state index contributed by atoms with van der Waals surface area (Å²) in [6, 6.07) is 9.47. The Hall–Kier alpha value is -0.960. The van der Waals surface area contributed by atoms with Crippen molar-refractivity contribution in [2.75, 3.05) is 0 Å². The summed E-state index contributed by atoms with van der Waals surface area (Å²) in [6.07, 6.45) is 0. The maximum Gasteiger partial charge on any atom is 0.315 e. The molecule has 58 valence electrons. The van der Waals surface area contributed by atoms with Gasteiger partial charge in [0.25, 0.3) is 0 Å². The van der Waals surface area contributed by atoms with Crippen molar-refractivity contribution in [2.45, 2.75) is 11.8 Å². The first-order valence-corrected chi connectivity index (χ1v) is 3.93. The van der Waals surface area contributed by atoms with E-state index in [0.29, 0.717) is 0 Å². The number of hydrogen-bond acceptors (Lipinski definition) is 3. The van der Waals surface area contributed by atoms with Crippen molar-refractivity contribution in [3.05, 3.63) is 30.3 Å². The van der Waals surface area contributed by atoms with Crippen LogP contribution in [0.2, 0.25) is 0 Å². The fraction of sp³-hybridized carbons (Fsp3) is 0.125. The number of carbonyl (C=O) groups excluding carboxylic acids is 1. The predicted molar refractivity (Wildman–Crippen MR) is 44.1 cm³/mol. The van der Waals surface area contributed by atoms with E-state index in [0.717, 1.165) is 16.9 Å². The molecule has 2 nitrogen and oxygen atoms in total. The number of benzene rings is 1. The summed E-state index contributed by atoms with van der Waals surface area (Å²) in [5.41, 5.74) is 0. The lowest BCUT2D eigenvalue weighted by Gasteiger charge is -1.97. The molecule has 1 aromatic rings. The van der Waals surface area contributed by atoms with Gasteiger partial charge in [-0.15, -0.1) is 0 Å². The van der Waals surface area contributed by atoms with E-state index < -0.39 is 0 Å². The van der Waals surface area contributed by atoms with Crippen molar-refractivity contribution in [1.29, 1.82) is 0 Å². The summed E-state index contributed by atoms with van der Waals surface area (Å²) in [6.45, 7) is 1.38. The number of rotatable bonds is 2. The van der Waals surface area contributed by atoms with E-state index in [1.807, 2.05) is 30.3 Å². The SMILES string of the molecule is CC(=O)OSc1ccccc1. The van der Waals surface area contributed by atoms with Gasteiger partial charge in [0.05, 0.1) is 12.0 Å². The van der Waals surface area contributed by atoms with Gasteiger partial charge in [-0.2, -0.15) is 0 Å². The van der Waals surface area contributed by atoms with Crippen LogP contribution in [-0.4, -0.2) is 5.97 Å². The molecule has 0 amide bonds. The van der Waals surface area contributed by atoms with Crippen molar-refractivity contribution in [3.63, 3.8) is 0 Å². The van der Waals surface area contributed by atoms with Crippen LogP contribution in [0.5, 0.6) is 0 Å². The quantitative estimate of drug-likeness (QED) is 0.633. The lowest BCUT2D eigenvalue weighted by Crippen LogP contribution is -1.88. The van der Waals surface area contributed by atoms with E-state index in [1.165, 1.54) is 6.92 Å². The molecule has 11 heavy (non-hydrogen) atoms. The monoisotopic (exact) mass is 168 g/mol. The smallest absolute Gasteiger partial charge is 0.315 e. The van der Waals surface area contributed by atoms with Crippen LogP contribution in [0.15, 0.2) is 35.2 Å². The van der Waals surface area contributed by atoms with Crippen LogP contribution < -0.4 is 0 Å². The zero-order valence-corrected chi connectivity index (χ0v) is 6.93. The topological polar surface area (TPSA) is 26.3 Å². The van der Waals surface area contributed by atoms with Gasteiger partial charge in [0.15, 0.2) is 0 Å². The van der Waals surface area contributed by atoms with Crippen LogP contribution in [0.3, 0.4) is 0 Å². The highest BCUT2D eigenvalue weighted by atomic mass is 32.2. The van der Waals surface area contributed by atoms with Gasteiger partial charge in [-0.3, -0.25) is 4.79 Å². The highest BCUT2D eigenvalue weighted by Gasteiger charge is 1.95. The Bertz CT molecular complexity index is 233. The highest BCUT2D eigenvalue weighted by molar-refractivity contribution is 7.95. The molecule has 0 atom stereocenters. The van der Waals surface area contributed by atoms with Gasteiger partial charge in [0.2, 0.25) is 0 Å². The summed E-state index contributed by atoms with van der Waals surface area (Å²) in [7, 11) is 0. The highest BCUT2D eigenvalue weighted by Crippen LogP contribution is 2.17. The Morgan fingerprint density at radius 1 is 1.36 bits per heavy atom. The van der Waals surface area contributed by atoms with Crippen LogP contribution in [-0.2, 0) is 8.98 Å². The van der Waals surface area contributed by atoms with Crippen LogP contribution in [0.25, 0.3) is 0 Å². The van der Waals surface area contributed by atoms with Gasteiger partial charge in [0, 0.05) is 11.8 Å². The van der Waals surface area contributed by atoms with Gasteiger partial charge in [-0.1, -0.05) is 18.2 Å². The van der Waals surface area contributed by atoms with Gasteiger partial charge >= 0.3 is 5.97 Å². The van der Waals surface area contributed by atoms with Crippen molar-refractivity contribution in [1.82, 2.24) is 0 Å². The first kappa shape index (κ1) is 8.14. The molecule has 0 aromatic heterocycles. The molecule has 0 spiro atoms. The average molecular weight is 168 g/mol. The molecule has 1 aromatic carbocycles. The summed E-state index contributed by atoms with van der Waals surface area (Å²) >= 11 is 1.08. The molecule has 0 saturated heterocycles. The molecule has 0 aliphatic carbocycles. The van der Waals surface area contributed by atoms with E-state index >= 15 is 0 Å². The molecule has 0 bridgehead atoms. The molecular formula is C8H8O2S. The minimum atomic E-state index is -0.279. The largest absolute Gasteiger partial charge is 0.386 e. The van der Waals surface area contributed by atoms with Crippen molar-refractivity contribution in [2.24, 2.45) is 0 Å². The van der Waals surface area contributed by atoms with Gasteiger partial charge in [0.1, 0.15) is 0 Å². The first-order chi connectivity index (χ1) is 5.29. The summed E-state index contributed by atoms with van der Waals surface area (Å²) in [4.78, 5) is 11.3. The zero-order chi connectivity index (χ0) is 8.10. The molecule has 0 aliphatic rings. The maximum absolute atomic E-state index is 10.4. The first-order valence-electron chi connectivity index (χ1n) is 3.19. The van der Waals surface area contributed by atoms with E-state index in [-0.39, 0.29) is 5.97 Å². The minimum Gasteiger partial charge on any atom is -0.386 e. The van der Waals surface area contributed by atoms with Crippen molar-refractivity contribution >= 4 is 18.0 Å². The Balaban J connectivity index is 2.45. The second kappa shape index (κ2) is 4.03. The summed E-state index contributed by atoms with van der Waals surface area (Å²) in [5, 5.41) is 0. The normalized spacial score (nSPS) is 9.18. The second-order valence-corrected chi connectivity index (χ2v) is 2.78. The molecule has 0 fully saturated rings. The third-order valence-corrected chi connectivity index (χ3v) is 1.78. The van der Waals surface area contributed by atoms with E-state index in [4.69, 9.17) is 4.18 Å². The number of carbonyl (C=O) groups is 1. The van der Waals surface area contributed by atoms with Gasteiger partial charge < -0.3 is 4.18 Å². The third-order valence-electron chi connectivity index (χ3n) is 0.998. The zero-order valence-electron chi connectivity index (χ0n) is 6.11. The summed E-state index contributed by atoms with van der Waals surface area (Å²) in [5.74, 6) is -0.279. The van der Waals surface area contributed by atoms with Gasteiger partial charge in [-0.25, -0.2) is 0 Å². The molecule has 0 aliphatic heterocycles. The molecule has 0 unspecified atom stereocenters. The predicted octanol–water partition coefficient (Wildman–Crippen LogP) is 2.26. The Labute approximate surface area is 69.8 Å². The van der Waals surface area contributed by atoms with Crippen LogP contribution in [0.4, 0.5) is 0 Å². The van der Waals surface area contributed by atoms with E-state index in [2.05, 4.69) is 0 Å². The second-order valence-electron chi connectivity index (χ2n) is 1.97. The van der Waals surface area contributed by atoms with E-state index in [1.54, 1.807) is 0 Å². The lowest BCUT2D eigenvalue weighted by molar-refractivity contribution is -0.130. The number of hydrogen-bond donors (Lipinski definition) is 0. The minimum absolute atomic E-state index is 0.279. The summed E-state index contributed by atoms with van der Waals surface area (Å²) < 4.78 is 4.71. The molecule has 0 radical (unpaired) electrons. The molecule has 0 heterocycles. The maximum atomic E-state index is 10.4. The molecule has 0 saturated carbocycles. The standard InChI is InChI=1S/C8H8O2S/c1-7(9)10-11-8-5-3-2-4-6-8/h2-6H,1H3. The molecule has 0 N–H and O–H groups in total. The van der Waals surface area contributed by atoms with Crippen LogP contribution in [0, 0.1) is 0 Å². The Morgan fingerprint density at radius 2 is 2.00 bits per heavy atom. The van der Waals surface area contributed by atoms with Crippen molar-refractivity contribution in [3.8, 4) is 0 Å². The van der Waals surface area contributed by atoms with Crippen LogP contribution in [0.1, 0.15) is 6.92 Å². The fourth-order valence-electron chi connectivity index (χ4n) is 0.583. The van der Waals surface area contributed by atoms with E-state index in [9.17, 15) is 4.79 Å². The molecular weight excluding hydrogens is 160 g/mol. The average Bonchev–Trinajstić information content (AvgIpc) is 2.03. The van der Waals surface area contributed by atoms with Crippen molar-refractivity contribution < 1.29 is 8.98 Å². The lowest BCUT2D eigenvalue weighted by atomic mass is 10.4. The Morgan fingerprint density at radius 3 is 2.55 bits per heavy atom.